The number of nitrogens with zero attached hydrogens (tertiary/aromatic N) is 3. The third-order valence-electron chi connectivity index (χ3n) is 5.30. The van der Waals surface area contributed by atoms with Gasteiger partial charge in [0.05, 0.1) is 5.02 Å². The number of aryl methyl sites for hydroxylation is 1. The first kappa shape index (κ1) is 18.0. The van der Waals surface area contributed by atoms with E-state index in [1.807, 2.05) is 6.07 Å². The van der Waals surface area contributed by atoms with Crippen LogP contribution in [0.15, 0.2) is 41.5 Å². The zero-order valence-corrected chi connectivity index (χ0v) is 16.4. The molecule has 8 nitrogen and oxygen atoms in total. The average molecular weight is 429 g/mol. The Morgan fingerprint density at radius 3 is 2.79 bits per heavy atom. The maximum atomic E-state index is 13.4. The molecule has 0 radical (unpaired) electrons. The molecule has 1 aliphatic heterocycles. The van der Waals surface area contributed by atoms with E-state index in [1.54, 1.807) is 12.1 Å². The number of carbonyl (C=O) groups is 1. The molecule has 1 amide bonds. The summed E-state index contributed by atoms with van der Waals surface area (Å²) in [6.07, 6.45) is 2.49. The van der Waals surface area contributed by atoms with Crippen molar-refractivity contribution in [3.63, 3.8) is 0 Å². The molecule has 0 fully saturated rings. The van der Waals surface area contributed by atoms with Gasteiger partial charge in [-0.25, -0.2) is 9.97 Å². The van der Waals surface area contributed by atoms with E-state index >= 15 is 0 Å². The quantitative estimate of drug-likeness (QED) is 0.577. The summed E-state index contributed by atoms with van der Waals surface area (Å²) in [6, 6.07) is 8.40. The van der Waals surface area contributed by atoms with Gasteiger partial charge in [0.2, 0.25) is 0 Å². The van der Waals surface area contributed by atoms with Crippen molar-refractivity contribution >= 4 is 46.4 Å². The third kappa shape index (κ3) is 2.60. The zero-order valence-electron chi connectivity index (χ0n) is 14.9. The number of halogens is 2. The summed E-state index contributed by atoms with van der Waals surface area (Å²) in [4.78, 5) is 34.1. The van der Waals surface area contributed by atoms with Crippen LogP contribution in [-0.4, -0.2) is 20.4 Å². The maximum absolute atomic E-state index is 13.4. The van der Waals surface area contributed by atoms with Crippen LogP contribution < -0.4 is 21.9 Å². The molecule has 1 atom stereocenters. The summed E-state index contributed by atoms with van der Waals surface area (Å²) in [5, 5.41) is 6.57. The molecule has 2 aromatic heterocycles. The van der Waals surface area contributed by atoms with Gasteiger partial charge in [-0.2, -0.15) is 0 Å². The number of hydrogen-bond acceptors (Lipinski definition) is 6. The summed E-state index contributed by atoms with van der Waals surface area (Å²) in [7, 11) is 0. The minimum absolute atomic E-state index is 0.122. The van der Waals surface area contributed by atoms with Crippen LogP contribution in [0.4, 0.5) is 17.3 Å². The standard InChI is InChI=1S/C19H14Cl2N6O2/c20-10-2-1-9-3-4-19(11(9)5-10)26-17(28)16-12(21)6-13(18(29)27(16)19)25-15-7-14(22)23-8-24-15/h1-2,5-8H,3-4H2,(H,26,28)(H3,22,23,24,25). The third-order valence-corrected chi connectivity index (χ3v) is 5.82. The van der Waals surface area contributed by atoms with Crippen LogP contribution in [0.25, 0.3) is 0 Å². The van der Waals surface area contributed by atoms with Gasteiger partial charge in [-0.15, -0.1) is 0 Å². The lowest BCUT2D eigenvalue weighted by Crippen LogP contribution is -2.46. The Morgan fingerprint density at radius 2 is 2.00 bits per heavy atom. The fraction of sp³-hybridized carbons (Fsp3) is 0.158. The largest absolute Gasteiger partial charge is 0.384 e. The Hall–Kier alpha value is -3.10. The predicted octanol–water partition coefficient (Wildman–Crippen LogP) is 2.66. The van der Waals surface area contributed by atoms with Gasteiger partial charge < -0.3 is 16.4 Å². The molecular formula is C19H14Cl2N6O2. The Bertz CT molecular complexity index is 1260. The van der Waals surface area contributed by atoms with Crippen molar-refractivity contribution < 1.29 is 4.79 Å². The molecule has 0 saturated carbocycles. The lowest BCUT2D eigenvalue weighted by molar-refractivity contribution is 0.0936. The second-order valence-electron chi connectivity index (χ2n) is 6.96. The minimum Gasteiger partial charge on any atom is -0.384 e. The number of nitrogens with one attached hydrogen (secondary N) is 2. The maximum Gasteiger partial charge on any atom is 0.277 e. The molecule has 1 unspecified atom stereocenters. The van der Waals surface area contributed by atoms with Crippen molar-refractivity contribution in [1.82, 2.24) is 19.9 Å². The monoisotopic (exact) mass is 428 g/mol. The highest BCUT2D eigenvalue weighted by Gasteiger charge is 2.50. The van der Waals surface area contributed by atoms with E-state index in [4.69, 9.17) is 28.9 Å². The lowest BCUT2D eigenvalue weighted by Gasteiger charge is -2.28. The Morgan fingerprint density at radius 1 is 1.17 bits per heavy atom. The van der Waals surface area contributed by atoms with E-state index in [2.05, 4.69) is 20.6 Å². The first-order chi connectivity index (χ1) is 13.9. The van der Waals surface area contributed by atoms with Crippen LogP contribution in [0.3, 0.4) is 0 Å². The summed E-state index contributed by atoms with van der Waals surface area (Å²) >= 11 is 12.6. The molecule has 1 aliphatic carbocycles. The SMILES string of the molecule is Nc1cc(Nc2cc(Cl)c3n(c2=O)C2(CCc4ccc(Cl)cc42)NC3=O)ncn1. The fourth-order valence-electron chi connectivity index (χ4n) is 4.10. The van der Waals surface area contributed by atoms with Crippen LogP contribution in [0.1, 0.15) is 28.0 Å². The predicted molar refractivity (Wildman–Crippen MR) is 110 cm³/mol. The van der Waals surface area contributed by atoms with Gasteiger partial charge in [0.25, 0.3) is 11.5 Å². The Labute approximate surface area is 174 Å². The van der Waals surface area contributed by atoms with Crippen molar-refractivity contribution in [2.75, 3.05) is 11.1 Å². The smallest absolute Gasteiger partial charge is 0.277 e. The Kier molecular flexibility index (Phi) is 3.84. The fourth-order valence-corrected chi connectivity index (χ4v) is 4.55. The normalized spacial score (nSPS) is 19.2. The second kappa shape index (κ2) is 6.20. The number of amides is 1. The highest BCUT2D eigenvalue weighted by Crippen LogP contribution is 2.43. The van der Waals surface area contributed by atoms with E-state index in [-0.39, 0.29) is 22.2 Å². The van der Waals surface area contributed by atoms with E-state index in [1.165, 1.54) is 23.0 Å². The van der Waals surface area contributed by atoms with Crippen molar-refractivity contribution in [1.29, 1.82) is 0 Å². The van der Waals surface area contributed by atoms with Crippen molar-refractivity contribution in [3.8, 4) is 0 Å². The van der Waals surface area contributed by atoms with Crippen molar-refractivity contribution in [3.05, 3.63) is 73.9 Å². The number of nitrogen functional groups attached to an aromatic ring is 1. The summed E-state index contributed by atoms with van der Waals surface area (Å²) in [5.41, 5.74) is 6.34. The second-order valence-corrected chi connectivity index (χ2v) is 7.81. The van der Waals surface area contributed by atoms with E-state index in [0.29, 0.717) is 23.7 Å². The number of anilines is 3. The molecule has 5 rings (SSSR count). The summed E-state index contributed by atoms with van der Waals surface area (Å²) in [5.74, 6) is 0.188. The molecule has 146 valence electrons. The molecule has 2 aliphatic rings. The molecule has 29 heavy (non-hydrogen) atoms. The molecule has 3 heterocycles. The number of benzene rings is 1. The van der Waals surface area contributed by atoms with Gasteiger partial charge in [0.15, 0.2) is 0 Å². The van der Waals surface area contributed by atoms with Crippen LogP contribution in [0.5, 0.6) is 0 Å². The topological polar surface area (TPSA) is 115 Å². The molecule has 0 saturated heterocycles. The molecular weight excluding hydrogens is 415 g/mol. The van der Waals surface area contributed by atoms with Crippen molar-refractivity contribution in [2.24, 2.45) is 0 Å². The average Bonchev–Trinajstić information content (AvgIpc) is 3.18. The van der Waals surface area contributed by atoms with Crippen LogP contribution in [0, 0.1) is 0 Å². The van der Waals surface area contributed by atoms with E-state index < -0.39 is 17.1 Å². The molecule has 1 spiro atoms. The van der Waals surface area contributed by atoms with Crippen molar-refractivity contribution in [2.45, 2.75) is 18.5 Å². The first-order valence-corrected chi connectivity index (χ1v) is 9.57. The van der Waals surface area contributed by atoms with Gasteiger partial charge in [-0.3, -0.25) is 14.2 Å². The number of pyridine rings is 1. The molecule has 10 heteroatoms. The van der Waals surface area contributed by atoms with Gasteiger partial charge in [0, 0.05) is 16.7 Å². The molecule has 1 aromatic carbocycles. The van der Waals surface area contributed by atoms with Crippen LogP contribution >= 0.6 is 23.2 Å². The Balaban J connectivity index is 1.72. The zero-order chi connectivity index (χ0) is 20.3. The first-order valence-electron chi connectivity index (χ1n) is 8.81. The van der Waals surface area contributed by atoms with Crippen LogP contribution in [0.2, 0.25) is 10.0 Å². The number of rotatable bonds is 2. The molecule has 4 N–H and O–H groups in total. The van der Waals surface area contributed by atoms with Gasteiger partial charge in [-0.1, -0.05) is 29.3 Å². The number of carbonyl (C=O) groups excluding carboxylic acids is 1. The van der Waals surface area contributed by atoms with Crippen LogP contribution in [-0.2, 0) is 12.1 Å². The highest BCUT2D eigenvalue weighted by atomic mass is 35.5. The number of fused-ring (bicyclic) bond motifs is 4. The van der Waals surface area contributed by atoms with Gasteiger partial charge in [0.1, 0.15) is 35.0 Å². The number of nitrogens with two attached hydrogens (primary N) is 1. The lowest BCUT2D eigenvalue weighted by atomic mass is 10.0. The van der Waals surface area contributed by atoms with Gasteiger partial charge in [-0.05, 0) is 36.6 Å². The molecule has 0 bridgehead atoms. The summed E-state index contributed by atoms with van der Waals surface area (Å²) < 4.78 is 1.42. The van der Waals surface area contributed by atoms with E-state index in [9.17, 15) is 9.59 Å². The minimum atomic E-state index is -1.03. The summed E-state index contributed by atoms with van der Waals surface area (Å²) in [6.45, 7) is 0. The number of hydrogen-bond donors (Lipinski definition) is 3. The van der Waals surface area contributed by atoms with E-state index in [0.717, 1.165) is 11.1 Å². The number of aromatic nitrogens is 3. The molecule has 3 aromatic rings. The highest BCUT2D eigenvalue weighted by molar-refractivity contribution is 6.34. The van der Waals surface area contributed by atoms with Gasteiger partial charge >= 0.3 is 0 Å².